The summed E-state index contributed by atoms with van der Waals surface area (Å²) in [6, 6.07) is 20.2. The summed E-state index contributed by atoms with van der Waals surface area (Å²) in [4.78, 5) is 16.5. The van der Waals surface area contributed by atoms with E-state index in [-0.39, 0.29) is 5.91 Å². The lowest BCUT2D eigenvalue weighted by Crippen LogP contribution is -2.28. The molecule has 1 aromatic heterocycles. The highest BCUT2D eigenvalue weighted by atomic mass is 32.1. The topological polar surface area (TPSA) is 29.5 Å². The second-order valence-electron chi connectivity index (χ2n) is 6.27. The molecule has 0 N–H and O–H groups in total. The number of rotatable bonds is 6. The molecule has 1 amide bonds. The average molecular weight is 365 g/mol. The summed E-state index contributed by atoms with van der Waals surface area (Å²) >= 11 is 1.55. The molecule has 0 aliphatic rings. The maximum absolute atomic E-state index is 12.8. The number of carbonyl (C=O) groups excluding carboxylic acids is 1. The molecular weight excluding hydrogens is 342 g/mol. The lowest BCUT2D eigenvalue weighted by molar-refractivity contribution is 0.0801. The maximum Gasteiger partial charge on any atom is 0.263 e. The maximum atomic E-state index is 12.8. The Bertz CT molecular complexity index is 869. The summed E-state index contributed by atoms with van der Waals surface area (Å²) in [5.41, 5.74) is 3.46. The van der Waals surface area contributed by atoms with Crippen molar-refractivity contribution in [3.05, 3.63) is 76.0 Å². The molecule has 0 saturated heterocycles. The summed E-state index contributed by atoms with van der Waals surface area (Å²) in [5.74, 6) is 0.910. The first-order valence-electron chi connectivity index (χ1n) is 8.62. The van der Waals surface area contributed by atoms with E-state index >= 15 is 0 Å². The summed E-state index contributed by atoms with van der Waals surface area (Å²) in [7, 11) is 3.53. The fourth-order valence-electron chi connectivity index (χ4n) is 2.88. The van der Waals surface area contributed by atoms with Gasteiger partial charge in [-0.05, 0) is 48.2 Å². The molecule has 134 valence electrons. The minimum absolute atomic E-state index is 0.0776. The van der Waals surface area contributed by atoms with Gasteiger partial charge in [0, 0.05) is 18.5 Å². The quantitative estimate of drug-likeness (QED) is 0.612. The predicted molar refractivity (Wildman–Crippen MR) is 108 cm³/mol. The first-order valence-corrected chi connectivity index (χ1v) is 9.44. The van der Waals surface area contributed by atoms with Gasteiger partial charge >= 0.3 is 0 Å². The van der Waals surface area contributed by atoms with Crippen LogP contribution in [0.3, 0.4) is 0 Å². The third-order valence-electron chi connectivity index (χ3n) is 4.45. The lowest BCUT2D eigenvalue weighted by Gasteiger charge is -2.16. The van der Waals surface area contributed by atoms with Gasteiger partial charge in [0.2, 0.25) is 0 Å². The van der Waals surface area contributed by atoms with E-state index in [0.717, 1.165) is 33.1 Å². The summed E-state index contributed by atoms with van der Waals surface area (Å²) in [5, 5.41) is 0. The molecule has 0 atom stereocenters. The molecular formula is C22H23NO2S. The number of aryl methyl sites for hydroxylation is 1. The molecule has 0 bridgehead atoms. The van der Waals surface area contributed by atoms with Crippen molar-refractivity contribution in [1.82, 2.24) is 4.90 Å². The minimum atomic E-state index is 0.0776. The van der Waals surface area contributed by atoms with Crippen LogP contribution in [0.1, 0.15) is 20.1 Å². The van der Waals surface area contributed by atoms with Crippen molar-refractivity contribution in [2.45, 2.75) is 13.3 Å². The molecule has 26 heavy (non-hydrogen) atoms. The zero-order valence-corrected chi connectivity index (χ0v) is 16.2. The monoisotopic (exact) mass is 365 g/mol. The van der Waals surface area contributed by atoms with Crippen LogP contribution < -0.4 is 4.74 Å². The summed E-state index contributed by atoms with van der Waals surface area (Å²) in [6.07, 6.45) is 0.860. The molecule has 0 aliphatic carbocycles. The Balaban J connectivity index is 1.71. The van der Waals surface area contributed by atoms with Crippen LogP contribution in [-0.4, -0.2) is 31.5 Å². The zero-order valence-electron chi connectivity index (χ0n) is 15.4. The average Bonchev–Trinajstić information content (AvgIpc) is 3.08. The van der Waals surface area contributed by atoms with Crippen molar-refractivity contribution in [2.24, 2.45) is 0 Å². The molecule has 4 heteroatoms. The van der Waals surface area contributed by atoms with Gasteiger partial charge in [-0.1, -0.05) is 42.5 Å². The SMILES string of the molecule is COc1ccc(-c2cc(C(=O)N(C)CCc3ccccc3)sc2C)cc1. The zero-order chi connectivity index (χ0) is 18.5. The second-order valence-corrected chi connectivity index (χ2v) is 7.53. The van der Waals surface area contributed by atoms with Gasteiger partial charge in [-0.3, -0.25) is 4.79 Å². The van der Waals surface area contributed by atoms with Gasteiger partial charge in [-0.25, -0.2) is 0 Å². The number of thiophene rings is 1. The van der Waals surface area contributed by atoms with Gasteiger partial charge in [0.1, 0.15) is 5.75 Å². The van der Waals surface area contributed by atoms with Gasteiger partial charge in [0.15, 0.2) is 0 Å². The molecule has 0 unspecified atom stereocenters. The van der Waals surface area contributed by atoms with Crippen LogP contribution >= 0.6 is 11.3 Å². The van der Waals surface area contributed by atoms with Crippen LogP contribution in [0.5, 0.6) is 5.75 Å². The van der Waals surface area contributed by atoms with Crippen LogP contribution in [-0.2, 0) is 6.42 Å². The van der Waals surface area contributed by atoms with Gasteiger partial charge in [0.25, 0.3) is 5.91 Å². The van der Waals surface area contributed by atoms with Crippen molar-refractivity contribution < 1.29 is 9.53 Å². The van der Waals surface area contributed by atoms with E-state index in [1.165, 1.54) is 5.56 Å². The Hall–Kier alpha value is -2.59. The standard InChI is InChI=1S/C22H23NO2S/c1-16-20(18-9-11-19(25-3)12-10-18)15-21(26-16)22(24)23(2)14-13-17-7-5-4-6-8-17/h4-12,15H,13-14H2,1-3H3. The summed E-state index contributed by atoms with van der Waals surface area (Å²) in [6.45, 7) is 2.77. The van der Waals surface area contributed by atoms with E-state index in [1.54, 1.807) is 23.3 Å². The Morgan fingerprint density at radius 2 is 1.77 bits per heavy atom. The van der Waals surface area contributed by atoms with Gasteiger partial charge in [-0.2, -0.15) is 0 Å². The van der Waals surface area contributed by atoms with Gasteiger partial charge < -0.3 is 9.64 Å². The molecule has 0 aliphatic heterocycles. The van der Waals surface area contributed by atoms with Crippen molar-refractivity contribution in [3.63, 3.8) is 0 Å². The smallest absolute Gasteiger partial charge is 0.263 e. The van der Waals surface area contributed by atoms with Crippen LogP contribution in [0.25, 0.3) is 11.1 Å². The highest BCUT2D eigenvalue weighted by Crippen LogP contribution is 2.32. The van der Waals surface area contributed by atoms with Crippen LogP contribution in [0, 0.1) is 6.92 Å². The highest BCUT2D eigenvalue weighted by molar-refractivity contribution is 7.14. The molecule has 3 rings (SSSR count). The Morgan fingerprint density at radius 3 is 2.42 bits per heavy atom. The number of hydrogen-bond donors (Lipinski definition) is 0. The van der Waals surface area contributed by atoms with E-state index in [0.29, 0.717) is 6.54 Å². The second kappa shape index (κ2) is 8.19. The number of nitrogens with zero attached hydrogens (tertiary/aromatic N) is 1. The number of carbonyl (C=O) groups is 1. The molecule has 0 saturated carbocycles. The van der Waals surface area contributed by atoms with Crippen molar-refractivity contribution in [2.75, 3.05) is 20.7 Å². The van der Waals surface area contributed by atoms with Gasteiger partial charge in [0.05, 0.1) is 12.0 Å². The van der Waals surface area contributed by atoms with Crippen molar-refractivity contribution >= 4 is 17.2 Å². The molecule has 0 radical (unpaired) electrons. The van der Waals surface area contributed by atoms with Crippen molar-refractivity contribution in [1.29, 1.82) is 0 Å². The Morgan fingerprint density at radius 1 is 1.08 bits per heavy atom. The molecule has 3 aromatic rings. The summed E-state index contributed by atoms with van der Waals surface area (Å²) < 4.78 is 5.22. The normalized spacial score (nSPS) is 10.6. The van der Waals surface area contributed by atoms with E-state index < -0.39 is 0 Å². The number of benzene rings is 2. The minimum Gasteiger partial charge on any atom is -0.497 e. The Kier molecular flexibility index (Phi) is 5.74. The van der Waals surface area contributed by atoms with Crippen LogP contribution in [0.15, 0.2) is 60.7 Å². The molecule has 0 fully saturated rings. The number of likely N-dealkylation sites (N-methyl/N-ethyl adjacent to an activating group) is 1. The third kappa shape index (κ3) is 4.14. The van der Waals surface area contributed by atoms with E-state index in [1.807, 2.05) is 55.6 Å². The fourth-order valence-corrected chi connectivity index (χ4v) is 3.91. The molecule has 1 heterocycles. The lowest BCUT2D eigenvalue weighted by atomic mass is 10.1. The van der Waals surface area contributed by atoms with E-state index in [4.69, 9.17) is 4.74 Å². The van der Waals surface area contributed by atoms with Crippen molar-refractivity contribution in [3.8, 4) is 16.9 Å². The fraction of sp³-hybridized carbons (Fsp3) is 0.227. The largest absolute Gasteiger partial charge is 0.497 e. The number of hydrogen-bond acceptors (Lipinski definition) is 3. The number of ether oxygens (including phenoxy) is 1. The first kappa shape index (κ1) is 18.2. The van der Waals surface area contributed by atoms with Gasteiger partial charge in [-0.15, -0.1) is 11.3 Å². The predicted octanol–water partition coefficient (Wildman–Crippen LogP) is 5.05. The third-order valence-corrected chi connectivity index (χ3v) is 5.49. The van der Waals surface area contributed by atoms with Crippen LogP contribution in [0.2, 0.25) is 0 Å². The number of methoxy groups -OCH3 is 1. The van der Waals surface area contributed by atoms with E-state index in [2.05, 4.69) is 19.1 Å². The Labute approximate surface area is 158 Å². The van der Waals surface area contributed by atoms with Crippen LogP contribution in [0.4, 0.5) is 0 Å². The molecule has 2 aromatic carbocycles. The molecule has 3 nitrogen and oxygen atoms in total. The molecule has 0 spiro atoms. The highest BCUT2D eigenvalue weighted by Gasteiger charge is 2.17. The van der Waals surface area contributed by atoms with E-state index in [9.17, 15) is 4.79 Å². The number of amides is 1. The first-order chi connectivity index (χ1) is 12.6.